The molecule has 0 unspecified atom stereocenters. The highest BCUT2D eigenvalue weighted by atomic mass is 16.2. The summed E-state index contributed by atoms with van der Waals surface area (Å²) in [7, 11) is 2.02. The normalized spacial score (nSPS) is 19.3. The van der Waals surface area contributed by atoms with E-state index in [1.54, 1.807) is 35.6 Å². The lowest BCUT2D eigenvalue weighted by Gasteiger charge is -2.38. The molecule has 116 valence electrons. The van der Waals surface area contributed by atoms with Gasteiger partial charge in [-0.25, -0.2) is 4.98 Å². The molecule has 7 nitrogen and oxygen atoms in total. The van der Waals surface area contributed by atoms with Gasteiger partial charge in [0.05, 0.1) is 6.04 Å². The predicted octanol–water partition coefficient (Wildman–Crippen LogP) is 0.0867. The molecule has 0 bridgehead atoms. The molecule has 1 N–H and O–H groups in total. The molecule has 0 aromatic carbocycles. The molecule has 3 rings (SSSR count). The number of piperazine rings is 1. The molecule has 2 aromatic heterocycles. The van der Waals surface area contributed by atoms with E-state index >= 15 is 0 Å². The number of aromatic nitrogens is 3. The zero-order valence-corrected chi connectivity index (χ0v) is 12.5. The van der Waals surface area contributed by atoms with Gasteiger partial charge >= 0.3 is 0 Å². The highest BCUT2D eigenvalue weighted by Gasteiger charge is 2.29. The number of likely N-dealkylation sites (N-methyl/N-ethyl adjacent to an activating group) is 1. The fraction of sp³-hybridized carbons (Fsp3) is 0.400. The predicted molar refractivity (Wildman–Crippen MR) is 81.2 cm³/mol. The van der Waals surface area contributed by atoms with Crippen LogP contribution in [0.3, 0.4) is 0 Å². The first kappa shape index (κ1) is 14.5. The van der Waals surface area contributed by atoms with Crippen LogP contribution in [0.5, 0.6) is 0 Å². The molecule has 1 aliphatic heterocycles. The number of aromatic amines is 1. The Hall–Kier alpha value is -2.41. The summed E-state index contributed by atoms with van der Waals surface area (Å²) in [5.41, 5.74) is -0.160. The number of rotatable bonds is 3. The first-order valence-corrected chi connectivity index (χ1v) is 7.28. The number of carbonyl (C=O) groups is 1. The van der Waals surface area contributed by atoms with E-state index in [1.165, 1.54) is 10.6 Å². The molecule has 0 radical (unpaired) electrons. The van der Waals surface area contributed by atoms with Crippen molar-refractivity contribution in [2.45, 2.75) is 12.6 Å². The number of H-pyrrole nitrogens is 1. The summed E-state index contributed by atoms with van der Waals surface area (Å²) in [5.74, 6) is 0.815. The molecule has 1 saturated heterocycles. The maximum Gasteiger partial charge on any atom is 0.250 e. The van der Waals surface area contributed by atoms with Crippen LogP contribution < -0.4 is 5.56 Å². The van der Waals surface area contributed by atoms with E-state index in [9.17, 15) is 9.59 Å². The van der Waals surface area contributed by atoms with Gasteiger partial charge < -0.3 is 14.5 Å². The molecule has 1 atom stereocenters. The van der Waals surface area contributed by atoms with Crippen molar-refractivity contribution in [2.75, 3.05) is 26.7 Å². The molecule has 22 heavy (non-hydrogen) atoms. The van der Waals surface area contributed by atoms with Crippen LogP contribution in [-0.2, 0) is 11.3 Å². The van der Waals surface area contributed by atoms with Crippen molar-refractivity contribution in [1.29, 1.82) is 0 Å². The Morgan fingerprint density at radius 1 is 1.41 bits per heavy atom. The Kier molecular flexibility index (Phi) is 4.06. The molecular formula is C15H19N5O2. The summed E-state index contributed by atoms with van der Waals surface area (Å²) in [6, 6.07) is 4.94. The van der Waals surface area contributed by atoms with Gasteiger partial charge in [0, 0.05) is 44.3 Å². The van der Waals surface area contributed by atoms with Gasteiger partial charge in [0.15, 0.2) is 0 Å². The van der Waals surface area contributed by atoms with Gasteiger partial charge in [-0.15, -0.1) is 0 Å². The van der Waals surface area contributed by atoms with Gasteiger partial charge in [0.1, 0.15) is 12.4 Å². The van der Waals surface area contributed by atoms with Crippen molar-refractivity contribution in [3.05, 3.63) is 53.0 Å². The van der Waals surface area contributed by atoms with Crippen molar-refractivity contribution >= 4 is 5.91 Å². The molecule has 3 heterocycles. The number of carbonyl (C=O) groups excluding carboxylic acids is 1. The average molecular weight is 301 g/mol. The first-order valence-electron chi connectivity index (χ1n) is 7.28. The van der Waals surface area contributed by atoms with Crippen molar-refractivity contribution in [3.63, 3.8) is 0 Å². The SMILES string of the molecule is CN1CCN(C(=O)Cn2ccccc2=O)C[C@H]1c1ncc[nH]1. The quantitative estimate of drug-likeness (QED) is 0.872. The molecular weight excluding hydrogens is 282 g/mol. The topological polar surface area (TPSA) is 74.2 Å². The molecule has 1 fully saturated rings. The summed E-state index contributed by atoms with van der Waals surface area (Å²) >= 11 is 0. The smallest absolute Gasteiger partial charge is 0.250 e. The second-order valence-electron chi connectivity index (χ2n) is 5.48. The van der Waals surface area contributed by atoms with Crippen LogP contribution in [0, 0.1) is 0 Å². The molecule has 1 amide bonds. The van der Waals surface area contributed by atoms with Crippen LogP contribution in [0.2, 0.25) is 0 Å². The van der Waals surface area contributed by atoms with Crippen LogP contribution in [0.25, 0.3) is 0 Å². The molecule has 2 aromatic rings. The maximum atomic E-state index is 12.5. The van der Waals surface area contributed by atoms with E-state index in [0.29, 0.717) is 13.1 Å². The number of nitrogens with one attached hydrogen (secondary N) is 1. The van der Waals surface area contributed by atoms with Crippen molar-refractivity contribution in [1.82, 2.24) is 24.3 Å². The highest BCUT2D eigenvalue weighted by Crippen LogP contribution is 2.21. The third-order valence-corrected chi connectivity index (χ3v) is 4.04. The van der Waals surface area contributed by atoms with Gasteiger partial charge in [-0.2, -0.15) is 0 Å². The minimum atomic E-state index is -0.160. The van der Waals surface area contributed by atoms with Gasteiger partial charge in [0.2, 0.25) is 5.91 Å². The summed E-state index contributed by atoms with van der Waals surface area (Å²) < 4.78 is 1.43. The van der Waals surface area contributed by atoms with Gasteiger partial charge in [0.25, 0.3) is 5.56 Å². The first-order chi connectivity index (χ1) is 10.6. The molecule has 1 aliphatic rings. The van der Waals surface area contributed by atoms with Crippen LogP contribution in [0.1, 0.15) is 11.9 Å². The van der Waals surface area contributed by atoms with Gasteiger partial charge in [-0.05, 0) is 13.1 Å². The standard InChI is InChI=1S/C15H19N5O2/c1-18-8-9-20(10-12(18)15-16-5-6-17-15)14(22)11-19-7-3-2-4-13(19)21/h2-7,12H,8-11H2,1H3,(H,16,17)/t12-/m0/s1. The third-order valence-electron chi connectivity index (χ3n) is 4.04. The molecule has 0 aliphatic carbocycles. The van der Waals surface area contributed by atoms with Crippen molar-refractivity contribution in [2.24, 2.45) is 0 Å². The van der Waals surface area contributed by atoms with E-state index in [-0.39, 0.29) is 24.1 Å². The van der Waals surface area contributed by atoms with Gasteiger partial charge in [-0.3, -0.25) is 14.5 Å². The average Bonchev–Trinajstić information content (AvgIpc) is 3.04. The fourth-order valence-corrected chi connectivity index (χ4v) is 2.69. The van der Waals surface area contributed by atoms with Crippen LogP contribution >= 0.6 is 0 Å². The monoisotopic (exact) mass is 301 g/mol. The summed E-state index contributed by atoms with van der Waals surface area (Å²) in [6.07, 6.45) is 5.14. The fourth-order valence-electron chi connectivity index (χ4n) is 2.69. The van der Waals surface area contributed by atoms with Crippen molar-refractivity contribution in [3.8, 4) is 0 Å². The number of hydrogen-bond donors (Lipinski definition) is 1. The van der Waals surface area contributed by atoms with Crippen LogP contribution in [0.15, 0.2) is 41.6 Å². The van der Waals surface area contributed by atoms with Crippen molar-refractivity contribution < 1.29 is 4.79 Å². The highest BCUT2D eigenvalue weighted by molar-refractivity contribution is 5.76. The van der Waals surface area contributed by atoms with E-state index < -0.39 is 0 Å². The number of pyridine rings is 1. The Morgan fingerprint density at radius 2 is 2.27 bits per heavy atom. The van der Waals surface area contributed by atoms with E-state index in [0.717, 1.165) is 12.4 Å². The number of amides is 1. The van der Waals surface area contributed by atoms with E-state index in [2.05, 4.69) is 14.9 Å². The Labute approximate surface area is 128 Å². The van der Waals surface area contributed by atoms with Gasteiger partial charge in [-0.1, -0.05) is 6.07 Å². The number of hydrogen-bond acceptors (Lipinski definition) is 4. The second-order valence-corrected chi connectivity index (χ2v) is 5.48. The maximum absolute atomic E-state index is 12.5. The number of nitrogens with zero attached hydrogens (tertiary/aromatic N) is 4. The largest absolute Gasteiger partial charge is 0.347 e. The number of imidazole rings is 1. The second kappa shape index (κ2) is 6.15. The lowest BCUT2D eigenvalue weighted by molar-refractivity contribution is -0.134. The Bertz CT molecular complexity index is 694. The molecule has 0 saturated carbocycles. The minimum Gasteiger partial charge on any atom is -0.347 e. The lowest BCUT2D eigenvalue weighted by atomic mass is 10.1. The summed E-state index contributed by atoms with van der Waals surface area (Å²) in [6.45, 7) is 2.09. The lowest BCUT2D eigenvalue weighted by Crippen LogP contribution is -2.50. The summed E-state index contributed by atoms with van der Waals surface area (Å²) in [5, 5.41) is 0. The van der Waals surface area contributed by atoms with Crippen LogP contribution in [0.4, 0.5) is 0 Å². The van der Waals surface area contributed by atoms with Crippen LogP contribution in [-0.4, -0.2) is 56.9 Å². The zero-order chi connectivity index (χ0) is 15.5. The van der Waals surface area contributed by atoms with E-state index in [1.807, 2.05) is 7.05 Å². The summed E-state index contributed by atoms with van der Waals surface area (Å²) in [4.78, 5) is 35.5. The molecule has 0 spiro atoms. The van der Waals surface area contributed by atoms with E-state index in [4.69, 9.17) is 0 Å². The third kappa shape index (κ3) is 2.94. The minimum absolute atomic E-state index is 0.0436. The zero-order valence-electron chi connectivity index (χ0n) is 12.5. The molecule has 7 heteroatoms. The Balaban J connectivity index is 1.71. The Morgan fingerprint density at radius 3 is 3.00 bits per heavy atom.